The molecule has 122 valence electrons. The first kappa shape index (κ1) is 21.8. The zero-order valence-electron chi connectivity index (χ0n) is 14.4. The molecule has 20 heavy (non-hydrogen) atoms. The molecule has 0 aromatic carbocycles. The highest BCUT2D eigenvalue weighted by molar-refractivity contribution is 5.44. The average molecular weight is 287 g/mol. The van der Waals surface area contributed by atoms with Crippen LogP contribution in [0.2, 0.25) is 0 Å². The van der Waals surface area contributed by atoms with Gasteiger partial charge in [0, 0.05) is 32.2 Å². The number of carbonyl (C=O) groups is 1. The largest absolute Gasteiger partial charge is 0.317 e. The van der Waals surface area contributed by atoms with Gasteiger partial charge in [-0.15, -0.1) is 0 Å². The lowest BCUT2D eigenvalue weighted by atomic mass is 9.96. The van der Waals surface area contributed by atoms with E-state index >= 15 is 0 Å². The molecule has 0 unspecified atom stereocenters. The standard InChI is InChI=1S/C7H15N.C5H12N2.C2H4O.C2H6/c1-8-7-5-3-2-4-6-7;1-7-4-2-6-3-5-7;1-2-3;1-2/h7-8H,2-6H2,1H3;6H,2-5H2,1H3;2H,1H3;1-2H3. The average Bonchev–Trinajstić information content (AvgIpc) is 2.52. The molecule has 1 aliphatic heterocycles. The van der Waals surface area contributed by atoms with Gasteiger partial charge >= 0.3 is 0 Å². The van der Waals surface area contributed by atoms with Gasteiger partial charge in [-0.25, -0.2) is 0 Å². The van der Waals surface area contributed by atoms with E-state index in [1.807, 2.05) is 13.8 Å². The Balaban J connectivity index is 0. The predicted octanol–water partition coefficient (Wildman–Crippen LogP) is 2.29. The van der Waals surface area contributed by atoms with Crippen molar-refractivity contribution in [2.75, 3.05) is 40.3 Å². The van der Waals surface area contributed by atoms with Crippen LogP contribution in [0.25, 0.3) is 0 Å². The highest BCUT2D eigenvalue weighted by atomic mass is 16.1. The summed E-state index contributed by atoms with van der Waals surface area (Å²) in [7, 11) is 4.22. The first-order valence-corrected chi connectivity index (χ1v) is 8.21. The van der Waals surface area contributed by atoms with Crippen molar-refractivity contribution in [2.24, 2.45) is 0 Å². The molecule has 2 N–H and O–H groups in total. The van der Waals surface area contributed by atoms with Crippen molar-refractivity contribution in [1.29, 1.82) is 0 Å². The van der Waals surface area contributed by atoms with E-state index in [1.54, 1.807) is 0 Å². The summed E-state index contributed by atoms with van der Waals surface area (Å²) in [4.78, 5) is 11.1. The van der Waals surface area contributed by atoms with Crippen molar-refractivity contribution >= 4 is 6.29 Å². The number of hydrogen-bond donors (Lipinski definition) is 2. The maximum atomic E-state index is 8.81. The Morgan fingerprint density at radius 3 is 1.80 bits per heavy atom. The number of nitrogens with one attached hydrogen (secondary N) is 2. The van der Waals surface area contributed by atoms with Crippen LogP contribution in [-0.2, 0) is 4.79 Å². The van der Waals surface area contributed by atoms with E-state index in [9.17, 15) is 0 Å². The van der Waals surface area contributed by atoms with E-state index in [0.29, 0.717) is 0 Å². The minimum atomic E-state index is 0.750. The van der Waals surface area contributed by atoms with Gasteiger partial charge in [-0.3, -0.25) is 0 Å². The molecular formula is C16H37N3O. The molecule has 0 bridgehead atoms. The first-order valence-electron chi connectivity index (χ1n) is 8.21. The monoisotopic (exact) mass is 287 g/mol. The van der Waals surface area contributed by atoms with Crippen LogP contribution in [0.15, 0.2) is 0 Å². The fourth-order valence-corrected chi connectivity index (χ4v) is 2.17. The lowest BCUT2D eigenvalue weighted by Crippen LogP contribution is -2.40. The molecule has 0 aromatic heterocycles. The molecule has 2 rings (SSSR count). The fraction of sp³-hybridized carbons (Fsp3) is 0.938. The summed E-state index contributed by atoms with van der Waals surface area (Å²) in [6.45, 7) is 10.2. The van der Waals surface area contributed by atoms with Gasteiger partial charge in [0.2, 0.25) is 0 Å². The molecule has 1 saturated carbocycles. The zero-order chi connectivity index (χ0) is 15.6. The van der Waals surface area contributed by atoms with Gasteiger partial charge in [0.15, 0.2) is 0 Å². The number of carbonyl (C=O) groups excluding carboxylic acids is 1. The van der Waals surface area contributed by atoms with Gasteiger partial charge < -0.3 is 20.3 Å². The number of likely N-dealkylation sites (N-methyl/N-ethyl adjacent to an activating group) is 1. The van der Waals surface area contributed by atoms with Crippen LogP contribution in [-0.4, -0.2) is 57.5 Å². The Morgan fingerprint density at radius 2 is 1.55 bits per heavy atom. The quantitative estimate of drug-likeness (QED) is 0.726. The van der Waals surface area contributed by atoms with Gasteiger partial charge in [-0.2, -0.15) is 0 Å². The van der Waals surface area contributed by atoms with Crippen LogP contribution >= 0.6 is 0 Å². The number of nitrogens with zero attached hydrogens (tertiary/aromatic N) is 1. The number of aldehydes is 1. The summed E-state index contributed by atoms with van der Waals surface area (Å²) in [5.74, 6) is 0. The SMILES string of the molecule is CC.CC=O.CN1CCNCC1.CNC1CCCCC1. The molecule has 4 heteroatoms. The molecule has 1 heterocycles. The number of rotatable bonds is 1. The first-order chi connectivity index (χ1) is 9.74. The molecule has 0 atom stereocenters. The molecule has 0 aromatic rings. The minimum absolute atomic E-state index is 0.750. The summed E-state index contributed by atoms with van der Waals surface area (Å²) >= 11 is 0. The Hall–Kier alpha value is -0.450. The van der Waals surface area contributed by atoms with Crippen LogP contribution in [0.5, 0.6) is 0 Å². The summed E-state index contributed by atoms with van der Waals surface area (Å²) in [5, 5.41) is 6.58. The smallest absolute Gasteiger partial charge is 0.116 e. The zero-order valence-corrected chi connectivity index (χ0v) is 14.4. The Labute approximate surface area is 126 Å². The second-order valence-corrected chi connectivity index (χ2v) is 4.91. The third-order valence-corrected chi connectivity index (χ3v) is 3.35. The molecule has 0 amide bonds. The van der Waals surface area contributed by atoms with E-state index in [2.05, 4.69) is 29.6 Å². The third-order valence-electron chi connectivity index (χ3n) is 3.35. The van der Waals surface area contributed by atoms with Gasteiger partial charge in [0.1, 0.15) is 6.29 Å². The van der Waals surface area contributed by atoms with Crippen molar-refractivity contribution in [3.8, 4) is 0 Å². The van der Waals surface area contributed by atoms with Crippen LogP contribution in [0.1, 0.15) is 52.9 Å². The minimum Gasteiger partial charge on any atom is -0.317 e. The van der Waals surface area contributed by atoms with E-state index in [4.69, 9.17) is 4.79 Å². The fourth-order valence-electron chi connectivity index (χ4n) is 2.17. The van der Waals surface area contributed by atoms with Crippen LogP contribution in [0.3, 0.4) is 0 Å². The second-order valence-electron chi connectivity index (χ2n) is 4.91. The molecule has 2 fully saturated rings. The van der Waals surface area contributed by atoms with E-state index in [1.165, 1.54) is 52.1 Å². The maximum absolute atomic E-state index is 8.81. The molecule has 4 nitrogen and oxygen atoms in total. The summed E-state index contributed by atoms with van der Waals surface area (Å²) in [5.41, 5.74) is 0. The normalized spacial score (nSPS) is 19.2. The van der Waals surface area contributed by atoms with Crippen molar-refractivity contribution in [3.63, 3.8) is 0 Å². The van der Waals surface area contributed by atoms with Gasteiger partial charge in [0.05, 0.1) is 0 Å². The lowest BCUT2D eigenvalue weighted by molar-refractivity contribution is -0.106. The Bertz CT molecular complexity index is 177. The lowest BCUT2D eigenvalue weighted by Gasteiger charge is -2.21. The second kappa shape index (κ2) is 18.6. The molecule has 1 aliphatic carbocycles. The van der Waals surface area contributed by atoms with E-state index in [-0.39, 0.29) is 0 Å². The maximum Gasteiger partial charge on any atom is 0.116 e. The van der Waals surface area contributed by atoms with Crippen LogP contribution in [0, 0.1) is 0 Å². The molecular weight excluding hydrogens is 250 g/mol. The Kier molecular flexibility index (Phi) is 20.3. The predicted molar refractivity (Wildman–Crippen MR) is 89.4 cm³/mol. The van der Waals surface area contributed by atoms with Crippen molar-refractivity contribution in [1.82, 2.24) is 15.5 Å². The topological polar surface area (TPSA) is 44.4 Å². The summed E-state index contributed by atoms with van der Waals surface area (Å²) in [6, 6.07) is 0.837. The van der Waals surface area contributed by atoms with Crippen molar-refractivity contribution in [3.05, 3.63) is 0 Å². The summed E-state index contributed by atoms with van der Waals surface area (Å²) < 4.78 is 0. The summed E-state index contributed by atoms with van der Waals surface area (Å²) in [6.07, 6.45) is 7.88. The highest BCUT2D eigenvalue weighted by Crippen LogP contribution is 2.16. The number of piperazine rings is 1. The van der Waals surface area contributed by atoms with Crippen LogP contribution < -0.4 is 10.6 Å². The number of hydrogen-bond acceptors (Lipinski definition) is 4. The molecule has 2 aliphatic rings. The van der Waals surface area contributed by atoms with Gasteiger partial charge in [-0.05, 0) is 33.9 Å². The van der Waals surface area contributed by atoms with Crippen molar-refractivity contribution < 1.29 is 4.79 Å². The van der Waals surface area contributed by atoms with E-state index < -0.39 is 0 Å². The van der Waals surface area contributed by atoms with Crippen LogP contribution in [0.4, 0.5) is 0 Å². The van der Waals surface area contributed by atoms with E-state index in [0.717, 1.165) is 25.4 Å². The Morgan fingerprint density at radius 1 is 1.10 bits per heavy atom. The molecule has 0 radical (unpaired) electrons. The molecule has 1 saturated heterocycles. The van der Waals surface area contributed by atoms with Gasteiger partial charge in [-0.1, -0.05) is 33.1 Å². The highest BCUT2D eigenvalue weighted by Gasteiger charge is 2.09. The van der Waals surface area contributed by atoms with Gasteiger partial charge in [0.25, 0.3) is 0 Å². The molecule has 0 spiro atoms. The van der Waals surface area contributed by atoms with Crippen molar-refractivity contribution in [2.45, 2.75) is 58.9 Å². The third kappa shape index (κ3) is 15.6.